The van der Waals surface area contributed by atoms with Gasteiger partial charge >= 0.3 is 0 Å². The van der Waals surface area contributed by atoms with Crippen LogP contribution in [0.3, 0.4) is 0 Å². The van der Waals surface area contributed by atoms with Crippen LogP contribution in [0.2, 0.25) is 0 Å². The van der Waals surface area contributed by atoms with Crippen LogP contribution >= 0.6 is 0 Å². The zero-order valence-electron chi connectivity index (χ0n) is 27.7. The molecular formula is C44H33N5O+2. The van der Waals surface area contributed by atoms with Crippen LogP contribution in [0.15, 0.2) is 138 Å². The second-order valence-electron chi connectivity index (χ2n) is 12.6. The van der Waals surface area contributed by atoms with Crippen LogP contribution in [0.5, 0.6) is 0 Å². The Labute approximate surface area is 289 Å². The molecule has 7 aromatic rings. The number of benzene rings is 2. The van der Waals surface area contributed by atoms with Crippen molar-refractivity contribution >= 4 is 46.5 Å². The number of fused-ring (bicyclic) bond motifs is 8. The van der Waals surface area contributed by atoms with Crippen LogP contribution < -0.4 is 9.13 Å². The molecule has 1 N–H and O–H groups in total. The molecule has 0 amide bonds. The van der Waals surface area contributed by atoms with E-state index in [0.717, 1.165) is 89.5 Å². The minimum atomic E-state index is 0.739. The highest BCUT2D eigenvalue weighted by molar-refractivity contribution is 5.98. The van der Waals surface area contributed by atoms with Crippen LogP contribution in [0.1, 0.15) is 22.8 Å². The van der Waals surface area contributed by atoms with Crippen molar-refractivity contribution in [2.45, 2.75) is 0 Å². The molecule has 0 fully saturated rings. The van der Waals surface area contributed by atoms with Crippen LogP contribution in [0, 0.1) is 0 Å². The van der Waals surface area contributed by atoms with E-state index >= 15 is 0 Å². The molecule has 6 heteroatoms. The first-order valence-corrected chi connectivity index (χ1v) is 16.7. The number of nitrogens with zero attached hydrogens (tertiary/aromatic N) is 4. The molecule has 0 unspecified atom stereocenters. The summed E-state index contributed by atoms with van der Waals surface area (Å²) in [6.07, 6.45) is 16.7. The van der Waals surface area contributed by atoms with Gasteiger partial charge in [0.15, 0.2) is 24.8 Å². The van der Waals surface area contributed by atoms with Crippen molar-refractivity contribution < 1.29 is 13.6 Å². The molecule has 0 aliphatic carbocycles. The Morgan fingerprint density at radius 3 is 1.18 bits per heavy atom. The second-order valence-corrected chi connectivity index (χ2v) is 12.6. The predicted octanol–water partition coefficient (Wildman–Crippen LogP) is 9.24. The summed E-state index contributed by atoms with van der Waals surface area (Å²) in [6.45, 7) is 0. The quantitative estimate of drug-likeness (QED) is 0.194. The van der Waals surface area contributed by atoms with Gasteiger partial charge in [0.2, 0.25) is 0 Å². The molecule has 0 spiro atoms. The van der Waals surface area contributed by atoms with Gasteiger partial charge in [-0.1, -0.05) is 60.7 Å². The number of pyridine rings is 2. The number of nitrogens with one attached hydrogen (secondary N) is 1. The standard InChI is InChI=1S/C44H32N5O/c1-48-25-21-31(22-26-48)41-33-13-14-34(45-33)42(32-23-27-49(2)28-24-32)36-16-18-38(47-36)44(30-11-7-4-8-12-30)40-20-19-39(50-40)43(29-9-5-3-6-10-29)37-17-15-35(41)46-37/h3-28H,1-2H3/q+1/p+1. The lowest BCUT2D eigenvalue weighted by atomic mass is 10.0. The molecular weight excluding hydrogens is 615 g/mol. The molecule has 50 heavy (non-hydrogen) atoms. The summed E-state index contributed by atoms with van der Waals surface area (Å²) in [5.41, 5.74) is 14.9. The molecule has 9 rings (SSSR count). The Morgan fingerprint density at radius 1 is 0.420 bits per heavy atom. The van der Waals surface area contributed by atoms with E-state index in [1.54, 1.807) is 0 Å². The zero-order valence-corrected chi connectivity index (χ0v) is 27.7. The van der Waals surface area contributed by atoms with E-state index in [4.69, 9.17) is 14.4 Å². The van der Waals surface area contributed by atoms with Crippen LogP contribution in [-0.2, 0) is 14.1 Å². The van der Waals surface area contributed by atoms with E-state index in [0.29, 0.717) is 0 Å². The Kier molecular flexibility index (Phi) is 7.13. The summed E-state index contributed by atoms with van der Waals surface area (Å²) in [7, 11) is 4.06. The minimum Gasteiger partial charge on any atom is -0.456 e. The highest BCUT2D eigenvalue weighted by Gasteiger charge is 2.20. The van der Waals surface area contributed by atoms with Crippen molar-refractivity contribution in [1.82, 2.24) is 15.0 Å². The normalized spacial score (nSPS) is 12.0. The highest BCUT2D eigenvalue weighted by atomic mass is 16.3. The third-order valence-corrected chi connectivity index (χ3v) is 9.29. The third kappa shape index (κ3) is 5.24. The van der Waals surface area contributed by atoms with E-state index < -0.39 is 0 Å². The Bertz CT molecular complexity index is 2450. The van der Waals surface area contributed by atoms with Crippen molar-refractivity contribution in [2.24, 2.45) is 14.1 Å². The zero-order chi connectivity index (χ0) is 33.6. The van der Waals surface area contributed by atoms with Gasteiger partial charge in [0.05, 0.1) is 33.9 Å². The Hall–Kier alpha value is -6.66. The fourth-order valence-corrected chi connectivity index (χ4v) is 6.84. The number of aromatic nitrogens is 5. The van der Waals surface area contributed by atoms with E-state index in [2.05, 4.69) is 151 Å². The van der Waals surface area contributed by atoms with Crippen LogP contribution in [0.25, 0.3) is 91.0 Å². The van der Waals surface area contributed by atoms with Gasteiger partial charge in [0, 0.05) is 46.4 Å². The first-order chi connectivity index (χ1) is 24.6. The van der Waals surface area contributed by atoms with Gasteiger partial charge in [-0.25, -0.2) is 19.1 Å². The first kappa shape index (κ1) is 29.5. The van der Waals surface area contributed by atoms with Crippen LogP contribution in [0.4, 0.5) is 0 Å². The average molecular weight is 648 g/mol. The van der Waals surface area contributed by atoms with E-state index in [1.165, 1.54) is 0 Å². The number of hydrogen-bond donors (Lipinski definition) is 1. The summed E-state index contributed by atoms with van der Waals surface area (Å²) in [5.74, 6) is 0. The topological polar surface area (TPSA) is 62.5 Å². The summed E-state index contributed by atoms with van der Waals surface area (Å²) < 4.78 is 10.9. The second kappa shape index (κ2) is 12.1. The highest BCUT2D eigenvalue weighted by Crippen LogP contribution is 2.39. The molecule has 0 atom stereocenters. The summed E-state index contributed by atoms with van der Waals surface area (Å²) in [5, 5.41) is 0. The SMILES string of the molecule is C[n+]1ccc(-c2c3nc(c(-c4ccccc4)c4ccc(o4)c(-c4ccccc4)c4nc(c(-c5cc[n+](C)cc5)c5ccc2[nH]5)C=C4)C=C3)cc1. The Balaban J connectivity index is 1.48. The molecule has 5 aromatic heterocycles. The largest absolute Gasteiger partial charge is 0.456 e. The fourth-order valence-electron chi connectivity index (χ4n) is 6.84. The average Bonchev–Trinajstić information content (AvgIpc) is 3.98. The van der Waals surface area contributed by atoms with E-state index in [1.807, 2.05) is 35.4 Å². The Morgan fingerprint density at radius 2 is 0.780 bits per heavy atom. The molecule has 8 bridgehead atoms. The first-order valence-electron chi connectivity index (χ1n) is 16.7. The lowest BCUT2D eigenvalue weighted by molar-refractivity contribution is -0.671. The molecule has 2 aliphatic rings. The number of H-pyrrole nitrogens is 1. The minimum absolute atomic E-state index is 0.739. The number of aromatic amines is 1. The van der Waals surface area contributed by atoms with Gasteiger partial charge in [0.1, 0.15) is 25.3 Å². The smallest absolute Gasteiger partial charge is 0.169 e. The lowest BCUT2D eigenvalue weighted by Gasteiger charge is -2.06. The monoisotopic (exact) mass is 647 g/mol. The molecule has 6 nitrogen and oxygen atoms in total. The molecule has 0 radical (unpaired) electrons. The maximum absolute atomic E-state index is 6.85. The molecule has 238 valence electrons. The van der Waals surface area contributed by atoms with Gasteiger partial charge in [-0.3, -0.25) is 0 Å². The van der Waals surface area contributed by atoms with Crippen molar-refractivity contribution in [2.75, 3.05) is 0 Å². The molecule has 7 heterocycles. The maximum Gasteiger partial charge on any atom is 0.169 e. The number of hydrogen-bond acceptors (Lipinski definition) is 3. The van der Waals surface area contributed by atoms with E-state index in [9.17, 15) is 0 Å². The van der Waals surface area contributed by atoms with E-state index in [-0.39, 0.29) is 0 Å². The maximum atomic E-state index is 6.85. The molecule has 2 aromatic carbocycles. The number of aryl methyl sites for hydroxylation is 2. The van der Waals surface area contributed by atoms with Gasteiger partial charge in [0.25, 0.3) is 0 Å². The fraction of sp³-hybridized carbons (Fsp3) is 0.0455. The summed E-state index contributed by atoms with van der Waals surface area (Å²) >= 11 is 0. The molecule has 2 aliphatic heterocycles. The van der Waals surface area contributed by atoms with Crippen molar-refractivity contribution in [3.05, 3.63) is 157 Å². The lowest BCUT2D eigenvalue weighted by Crippen LogP contribution is -2.25. The molecule has 0 saturated carbocycles. The van der Waals surface area contributed by atoms with Gasteiger partial charge in [-0.15, -0.1) is 0 Å². The molecule has 0 saturated heterocycles. The van der Waals surface area contributed by atoms with Crippen molar-refractivity contribution in [3.8, 4) is 44.5 Å². The predicted molar refractivity (Wildman–Crippen MR) is 201 cm³/mol. The van der Waals surface area contributed by atoms with Crippen LogP contribution in [-0.4, -0.2) is 15.0 Å². The number of furan rings is 1. The third-order valence-electron chi connectivity index (χ3n) is 9.29. The van der Waals surface area contributed by atoms with Crippen molar-refractivity contribution in [3.63, 3.8) is 0 Å². The van der Waals surface area contributed by atoms with Gasteiger partial charge in [-0.05, 0) is 70.8 Å². The van der Waals surface area contributed by atoms with Crippen molar-refractivity contribution in [1.29, 1.82) is 0 Å². The summed E-state index contributed by atoms with van der Waals surface area (Å²) in [4.78, 5) is 14.5. The van der Waals surface area contributed by atoms with Gasteiger partial charge < -0.3 is 9.40 Å². The van der Waals surface area contributed by atoms with Gasteiger partial charge in [-0.2, -0.15) is 0 Å². The summed E-state index contributed by atoms with van der Waals surface area (Å²) in [6, 6.07) is 37.6. The number of rotatable bonds is 4.